The van der Waals surface area contributed by atoms with Gasteiger partial charge in [0.05, 0.1) is 26.2 Å². The number of likely N-dealkylation sites (tertiary alicyclic amines) is 1. The zero-order chi connectivity index (χ0) is 19.8. The van der Waals surface area contributed by atoms with E-state index >= 15 is 0 Å². The largest absolute Gasteiger partial charge is 0.368 e. The van der Waals surface area contributed by atoms with Gasteiger partial charge in [0, 0.05) is 44.7 Å². The molecule has 7 nitrogen and oxygen atoms in total. The molecule has 0 saturated carbocycles. The van der Waals surface area contributed by atoms with Gasteiger partial charge in [-0.2, -0.15) is 0 Å². The summed E-state index contributed by atoms with van der Waals surface area (Å²) < 4.78 is 18.3. The molecule has 0 aromatic heterocycles. The van der Waals surface area contributed by atoms with Crippen LogP contribution in [0.5, 0.6) is 0 Å². The molecule has 0 bridgehead atoms. The molecule has 8 heteroatoms. The molecule has 2 fully saturated rings. The Hall–Kier alpha value is -2.19. The van der Waals surface area contributed by atoms with Gasteiger partial charge in [-0.3, -0.25) is 9.59 Å². The van der Waals surface area contributed by atoms with E-state index in [2.05, 4.69) is 10.2 Å². The summed E-state index contributed by atoms with van der Waals surface area (Å²) in [4.78, 5) is 29.5. The number of ether oxygens (including phenoxy) is 1. The standard InChI is InChI=1S/C20H29FN4O3/c21-17-3-5-18(6-4-17)24-11-13-25(14-12-24)20(27)16-28-15-19(26)22-7-10-23-8-1-2-9-23/h3-6H,1-2,7-16H2,(H,22,26)/p+1. The zero-order valence-corrected chi connectivity index (χ0v) is 16.3. The van der Waals surface area contributed by atoms with E-state index in [0.29, 0.717) is 32.7 Å². The highest BCUT2D eigenvalue weighted by atomic mass is 19.1. The van der Waals surface area contributed by atoms with Crippen LogP contribution in [0.25, 0.3) is 0 Å². The number of benzene rings is 1. The lowest BCUT2D eigenvalue weighted by atomic mass is 10.2. The van der Waals surface area contributed by atoms with Crippen molar-refractivity contribution in [2.45, 2.75) is 12.8 Å². The number of quaternary nitrogens is 1. The SMILES string of the molecule is O=C(COCC(=O)N1CCN(c2ccc(F)cc2)CC1)NCC[NH+]1CCCC1. The Morgan fingerprint density at radius 3 is 2.39 bits per heavy atom. The number of carbonyl (C=O) groups excluding carboxylic acids is 2. The molecular formula is C20H30FN4O3+. The van der Waals surface area contributed by atoms with Crippen molar-refractivity contribution in [2.75, 3.05) is 70.5 Å². The van der Waals surface area contributed by atoms with Crippen LogP contribution in [-0.4, -0.2) is 82.3 Å². The van der Waals surface area contributed by atoms with Crippen molar-refractivity contribution in [3.05, 3.63) is 30.1 Å². The number of nitrogens with zero attached hydrogens (tertiary/aromatic N) is 2. The van der Waals surface area contributed by atoms with Crippen LogP contribution in [-0.2, 0) is 14.3 Å². The Bertz CT molecular complexity index is 641. The monoisotopic (exact) mass is 393 g/mol. The van der Waals surface area contributed by atoms with Crippen LogP contribution in [0.4, 0.5) is 10.1 Å². The Balaban J connectivity index is 1.28. The number of hydrogen-bond donors (Lipinski definition) is 2. The van der Waals surface area contributed by atoms with Crippen molar-refractivity contribution >= 4 is 17.5 Å². The van der Waals surface area contributed by atoms with E-state index in [-0.39, 0.29) is 30.8 Å². The molecule has 2 aliphatic heterocycles. The van der Waals surface area contributed by atoms with Crippen LogP contribution in [0.15, 0.2) is 24.3 Å². The first-order chi connectivity index (χ1) is 13.6. The molecule has 0 aliphatic carbocycles. The maximum absolute atomic E-state index is 13.0. The molecule has 2 saturated heterocycles. The molecular weight excluding hydrogens is 363 g/mol. The first-order valence-electron chi connectivity index (χ1n) is 10.1. The quantitative estimate of drug-likeness (QED) is 0.612. The van der Waals surface area contributed by atoms with Gasteiger partial charge in [0.15, 0.2) is 0 Å². The molecule has 2 amide bonds. The third kappa shape index (κ3) is 6.17. The highest BCUT2D eigenvalue weighted by molar-refractivity contribution is 5.79. The minimum atomic E-state index is -0.254. The minimum Gasteiger partial charge on any atom is -0.368 e. The van der Waals surface area contributed by atoms with Gasteiger partial charge in [-0.15, -0.1) is 0 Å². The molecule has 154 valence electrons. The second-order valence-electron chi connectivity index (χ2n) is 7.39. The molecule has 0 radical (unpaired) electrons. The van der Waals surface area contributed by atoms with Crippen molar-refractivity contribution in [3.63, 3.8) is 0 Å². The maximum atomic E-state index is 13.0. The molecule has 0 unspecified atom stereocenters. The van der Waals surface area contributed by atoms with E-state index in [9.17, 15) is 14.0 Å². The van der Waals surface area contributed by atoms with E-state index in [0.717, 1.165) is 12.2 Å². The average molecular weight is 393 g/mol. The number of hydrogen-bond acceptors (Lipinski definition) is 4. The van der Waals surface area contributed by atoms with Gasteiger partial charge in [0.1, 0.15) is 19.0 Å². The summed E-state index contributed by atoms with van der Waals surface area (Å²) in [7, 11) is 0. The van der Waals surface area contributed by atoms with Crippen LogP contribution in [0.2, 0.25) is 0 Å². The number of nitrogens with one attached hydrogen (secondary N) is 2. The summed E-state index contributed by atoms with van der Waals surface area (Å²) in [6.07, 6.45) is 2.54. The third-order valence-corrected chi connectivity index (χ3v) is 5.39. The molecule has 1 aromatic carbocycles. The number of rotatable bonds is 8. The van der Waals surface area contributed by atoms with Gasteiger partial charge in [0.2, 0.25) is 11.8 Å². The van der Waals surface area contributed by atoms with Crippen LogP contribution >= 0.6 is 0 Å². The fraction of sp³-hybridized carbons (Fsp3) is 0.600. The van der Waals surface area contributed by atoms with Crippen molar-refractivity contribution in [3.8, 4) is 0 Å². The molecule has 2 aliphatic rings. The van der Waals surface area contributed by atoms with E-state index in [4.69, 9.17) is 4.74 Å². The molecule has 28 heavy (non-hydrogen) atoms. The summed E-state index contributed by atoms with van der Waals surface area (Å²) >= 11 is 0. The van der Waals surface area contributed by atoms with E-state index < -0.39 is 0 Å². The lowest BCUT2D eigenvalue weighted by Gasteiger charge is -2.36. The Morgan fingerprint density at radius 2 is 1.71 bits per heavy atom. The van der Waals surface area contributed by atoms with E-state index in [1.54, 1.807) is 17.0 Å². The summed E-state index contributed by atoms with van der Waals surface area (Å²) in [5.74, 6) is -0.531. The summed E-state index contributed by atoms with van der Waals surface area (Å²) in [6, 6.07) is 6.38. The maximum Gasteiger partial charge on any atom is 0.248 e. The second kappa shape index (κ2) is 10.4. The Kier molecular flexibility index (Phi) is 7.62. The number of carbonyl (C=O) groups is 2. The molecule has 3 rings (SSSR count). The first kappa shape index (κ1) is 20.5. The topological polar surface area (TPSA) is 66.3 Å². The number of piperazine rings is 1. The Morgan fingerprint density at radius 1 is 1.04 bits per heavy atom. The highest BCUT2D eigenvalue weighted by Crippen LogP contribution is 2.16. The fourth-order valence-corrected chi connectivity index (χ4v) is 3.74. The number of amides is 2. The van der Waals surface area contributed by atoms with Crippen molar-refractivity contribution in [2.24, 2.45) is 0 Å². The van der Waals surface area contributed by atoms with Gasteiger partial charge in [-0.05, 0) is 24.3 Å². The van der Waals surface area contributed by atoms with E-state index in [1.807, 2.05) is 0 Å². The fourth-order valence-electron chi connectivity index (χ4n) is 3.74. The van der Waals surface area contributed by atoms with Gasteiger partial charge in [-0.1, -0.05) is 0 Å². The smallest absolute Gasteiger partial charge is 0.248 e. The Labute approximate surface area is 165 Å². The lowest BCUT2D eigenvalue weighted by Crippen LogP contribution is -3.10. The van der Waals surface area contributed by atoms with Gasteiger partial charge in [0.25, 0.3) is 0 Å². The predicted octanol–water partition coefficient (Wildman–Crippen LogP) is -0.714. The molecule has 0 spiro atoms. The summed E-state index contributed by atoms with van der Waals surface area (Å²) in [5.41, 5.74) is 0.956. The van der Waals surface area contributed by atoms with Crippen LogP contribution in [0.3, 0.4) is 0 Å². The van der Waals surface area contributed by atoms with E-state index in [1.165, 1.54) is 43.0 Å². The highest BCUT2D eigenvalue weighted by Gasteiger charge is 2.21. The summed E-state index contributed by atoms with van der Waals surface area (Å²) in [6.45, 7) is 6.37. The normalized spacial score (nSPS) is 17.8. The number of anilines is 1. The third-order valence-electron chi connectivity index (χ3n) is 5.39. The first-order valence-corrected chi connectivity index (χ1v) is 10.1. The molecule has 1 aromatic rings. The second-order valence-corrected chi connectivity index (χ2v) is 7.39. The van der Waals surface area contributed by atoms with Gasteiger partial charge >= 0.3 is 0 Å². The van der Waals surface area contributed by atoms with Crippen LogP contribution in [0, 0.1) is 5.82 Å². The van der Waals surface area contributed by atoms with Crippen LogP contribution in [0.1, 0.15) is 12.8 Å². The van der Waals surface area contributed by atoms with Crippen LogP contribution < -0.4 is 15.1 Å². The molecule has 2 heterocycles. The predicted molar refractivity (Wildman–Crippen MR) is 104 cm³/mol. The number of halogens is 1. The van der Waals surface area contributed by atoms with Crippen molar-refractivity contribution < 1.29 is 23.6 Å². The van der Waals surface area contributed by atoms with Crippen molar-refractivity contribution in [1.82, 2.24) is 10.2 Å². The molecule has 2 N–H and O–H groups in total. The summed E-state index contributed by atoms with van der Waals surface area (Å²) in [5, 5.41) is 2.85. The van der Waals surface area contributed by atoms with Gasteiger partial charge in [-0.25, -0.2) is 4.39 Å². The van der Waals surface area contributed by atoms with Gasteiger partial charge < -0.3 is 24.8 Å². The zero-order valence-electron chi connectivity index (χ0n) is 16.3. The average Bonchev–Trinajstić information content (AvgIpc) is 3.22. The lowest BCUT2D eigenvalue weighted by molar-refractivity contribution is -0.886. The minimum absolute atomic E-state index is 0.0820. The molecule has 0 atom stereocenters. The van der Waals surface area contributed by atoms with Crippen molar-refractivity contribution in [1.29, 1.82) is 0 Å².